The van der Waals surface area contributed by atoms with Crippen LogP contribution in [0.15, 0.2) is 36.7 Å². The first-order valence-electron chi connectivity index (χ1n) is 5.65. The first-order chi connectivity index (χ1) is 10.0. The fourth-order valence-electron chi connectivity index (χ4n) is 1.49. The average molecular weight is 345 g/mol. The van der Waals surface area contributed by atoms with Crippen LogP contribution in [-0.2, 0) is 0 Å². The molecule has 2 N–H and O–H groups in total. The Bertz CT molecular complexity index is 693. The van der Waals surface area contributed by atoms with Gasteiger partial charge in [0.05, 0.1) is 20.6 Å². The van der Waals surface area contributed by atoms with E-state index < -0.39 is 11.8 Å². The van der Waals surface area contributed by atoms with Gasteiger partial charge in [-0.15, -0.1) is 0 Å². The quantitative estimate of drug-likeness (QED) is 0.649. The number of hydrazine groups is 1. The standard InChI is InChI=1S/C13H8Cl3N3O2/c14-8-1-2-9(15)11(16)10(8)13(21)19-18-12(20)7-3-5-17-6-4-7/h1-6H,(H,18,20)(H,19,21). The lowest BCUT2D eigenvalue weighted by Crippen LogP contribution is -2.41. The molecule has 5 nitrogen and oxygen atoms in total. The molecule has 0 aliphatic rings. The highest BCUT2D eigenvalue weighted by Gasteiger charge is 2.18. The summed E-state index contributed by atoms with van der Waals surface area (Å²) in [7, 11) is 0. The first kappa shape index (κ1) is 15.6. The maximum Gasteiger partial charge on any atom is 0.272 e. The molecule has 0 saturated heterocycles. The summed E-state index contributed by atoms with van der Waals surface area (Å²) < 4.78 is 0. The zero-order valence-electron chi connectivity index (χ0n) is 10.4. The van der Waals surface area contributed by atoms with E-state index in [9.17, 15) is 9.59 Å². The van der Waals surface area contributed by atoms with Crippen LogP contribution in [-0.4, -0.2) is 16.8 Å². The van der Waals surface area contributed by atoms with Crippen LogP contribution in [0.1, 0.15) is 20.7 Å². The lowest BCUT2D eigenvalue weighted by Gasteiger charge is -2.10. The molecule has 108 valence electrons. The molecule has 2 amide bonds. The van der Waals surface area contributed by atoms with Gasteiger partial charge < -0.3 is 0 Å². The SMILES string of the molecule is O=C(NNC(=O)c1c(Cl)ccc(Cl)c1Cl)c1ccncc1. The van der Waals surface area contributed by atoms with E-state index >= 15 is 0 Å². The first-order valence-corrected chi connectivity index (χ1v) is 6.78. The molecule has 0 aliphatic carbocycles. The maximum atomic E-state index is 12.0. The Labute approximate surface area is 135 Å². The van der Waals surface area contributed by atoms with Crippen molar-refractivity contribution in [1.82, 2.24) is 15.8 Å². The number of benzene rings is 1. The van der Waals surface area contributed by atoms with Gasteiger partial charge in [-0.2, -0.15) is 0 Å². The van der Waals surface area contributed by atoms with E-state index in [2.05, 4.69) is 15.8 Å². The van der Waals surface area contributed by atoms with Crippen LogP contribution < -0.4 is 10.9 Å². The van der Waals surface area contributed by atoms with Gasteiger partial charge in [-0.25, -0.2) is 0 Å². The minimum atomic E-state index is -0.671. The third kappa shape index (κ3) is 3.64. The summed E-state index contributed by atoms with van der Waals surface area (Å²) in [5.74, 6) is -1.17. The predicted molar refractivity (Wildman–Crippen MR) is 80.6 cm³/mol. The van der Waals surface area contributed by atoms with Gasteiger partial charge in [0, 0.05) is 18.0 Å². The number of hydrogen-bond donors (Lipinski definition) is 2. The highest BCUT2D eigenvalue weighted by molar-refractivity contribution is 6.46. The second-order valence-electron chi connectivity index (χ2n) is 3.86. The zero-order chi connectivity index (χ0) is 15.4. The molecule has 0 atom stereocenters. The highest BCUT2D eigenvalue weighted by Crippen LogP contribution is 2.31. The van der Waals surface area contributed by atoms with E-state index in [4.69, 9.17) is 34.8 Å². The maximum absolute atomic E-state index is 12.0. The minimum absolute atomic E-state index is 0.0131. The van der Waals surface area contributed by atoms with Crippen LogP contribution in [0.2, 0.25) is 15.1 Å². The normalized spacial score (nSPS) is 10.0. The second-order valence-corrected chi connectivity index (χ2v) is 5.05. The van der Waals surface area contributed by atoms with Gasteiger partial charge in [-0.3, -0.25) is 25.4 Å². The van der Waals surface area contributed by atoms with Crippen LogP contribution in [0.4, 0.5) is 0 Å². The largest absolute Gasteiger partial charge is 0.272 e. The van der Waals surface area contributed by atoms with Gasteiger partial charge in [0.1, 0.15) is 0 Å². The Kier molecular flexibility index (Phi) is 5.01. The summed E-state index contributed by atoms with van der Waals surface area (Å²) >= 11 is 17.7. The van der Waals surface area contributed by atoms with Gasteiger partial charge in [-0.05, 0) is 24.3 Å². The zero-order valence-corrected chi connectivity index (χ0v) is 12.6. The molecule has 1 aromatic heterocycles. The van der Waals surface area contributed by atoms with Crippen LogP contribution in [0.25, 0.3) is 0 Å². The van der Waals surface area contributed by atoms with Crippen LogP contribution in [0.3, 0.4) is 0 Å². The lowest BCUT2D eigenvalue weighted by atomic mass is 10.2. The number of carbonyl (C=O) groups is 2. The van der Waals surface area contributed by atoms with E-state index in [0.29, 0.717) is 5.56 Å². The van der Waals surface area contributed by atoms with Gasteiger partial charge in [0.25, 0.3) is 11.8 Å². The second kappa shape index (κ2) is 6.76. The molecule has 0 fully saturated rings. The number of rotatable bonds is 2. The van der Waals surface area contributed by atoms with E-state index in [1.165, 1.54) is 36.7 Å². The van der Waals surface area contributed by atoms with Gasteiger partial charge in [0.2, 0.25) is 0 Å². The molecular formula is C13H8Cl3N3O2. The molecule has 21 heavy (non-hydrogen) atoms. The number of pyridine rings is 1. The molecule has 2 aromatic rings. The van der Waals surface area contributed by atoms with Crippen LogP contribution in [0, 0.1) is 0 Å². The number of carbonyl (C=O) groups excluding carboxylic acids is 2. The number of amides is 2. The molecular weight excluding hydrogens is 337 g/mol. The Morgan fingerprint density at radius 2 is 1.43 bits per heavy atom. The number of aromatic nitrogens is 1. The Morgan fingerprint density at radius 3 is 2.10 bits per heavy atom. The van der Waals surface area contributed by atoms with E-state index in [1.54, 1.807) is 0 Å². The Hall–Kier alpha value is -1.82. The summed E-state index contributed by atoms with van der Waals surface area (Å²) in [5, 5.41) is 0.326. The van der Waals surface area contributed by atoms with Crippen molar-refractivity contribution in [2.24, 2.45) is 0 Å². The Balaban J connectivity index is 2.10. The number of hydrogen-bond acceptors (Lipinski definition) is 3. The molecule has 0 radical (unpaired) electrons. The average Bonchev–Trinajstić information content (AvgIpc) is 2.50. The number of nitrogens with one attached hydrogen (secondary N) is 2. The highest BCUT2D eigenvalue weighted by atomic mass is 35.5. The van der Waals surface area contributed by atoms with Crippen molar-refractivity contribution in [2.45, 2.75) is 0 Å². The number of nitrogens with zero attached hydrogens (tertiary/aromatic N) is 1. The third-order valence-corrected chi connectivity index (χ3v) is 3.62. The van der Waals surface area contributed by atoms with Gasteiger partial charge in [-0.1, -0.05) is 34.8 Å². The number of halogens is 3. The smallest absolute Gasteiger partial charge is 0.267 e. The van der Waals surface area contributed by atoms with Crippen molar-refractivity contribution in [3.05, 3.63) is 62.9 Å². The van der Waals surface area contributed by atoms with Crippen molar-refractivity contribution >= 4 is 46.6 Å². The topological polar surface area (TPSA) is 71.1 Å². The summed E-state index contributed by atoms with van der Waals surface area (Å²) in [6.45, 7) is 0. The lowest BCUT2D eigenvalue weighted by molar-refractivity contribution is 0.0847. The summed E-state index contributed by atoms with van der Waals surface area (Å²) in [6.07, 6.45) is 2.92. The summed E-state index contributed by atoms with van der Waals surface area (Å²) in [6, 6.07) is 5.91. The summed E-state index contributed by atoms with van der Waals surface area (Å²) in [5.41, 5.74) is 4.79. The fraction of sp³-hybridized carbons (Fsp3) is 0. The Morgan fingerprint density at radius 1 is 0.857 bits per heavy atom. The molecule has 0 aliphatic heterocycles. The van der Waals surface area contributed by atoms with Crippen LogP contribution in [0.5, 0.6) is 0 Å². The molecule has 1 aromatic carbocycles. The summed E-state index contributed by atoms with van der Waals surface area (Å²) in [4.78, 5) is 27.6. The molecule has 0 unspecified atom stereocenters. The van der Waals surface area contributed by atoms with Crippen molar-refractivity contribution in [3.63, 3.8) is 0 Å². The minimum Gasteiger partial charge on any atom is -0.267 e. The molecule has 0 saturated carbocycles. The van der Waals surface area contributed by atoms with Crippen molar-refractivity contribution in [3.8, 4) is 0 Å². The molecule has 0 spiro atoms. The van der Waals surface area contributed by atoms with E-state index in [0.717, 1.165) is 0 Å². The van der Waals surface area contributed by atoms with Crippen molar-refractivity contribution in [2.75, 3.05) is 0 Å². The van der Waals surface area contributed by atoms with E-state index in [-0.39, 0.29) is 20.6 Å². The molecule has 0 bridgehead atoms. The van der Waals surface area contributed by atoms with Crippen LogP contribution >= 0.6 is 34.8 Å². The van der Waals surface area contributed by atoms with Crippen molar-refractivity contribution in [1.29, 1.82) is 0 Å². The fourth-order valence-corrected chi connectivity index (χ4v) is 2.19. The third-order valence-electron chi connectivity index (χ3n) is 2.50. The monoisotopic (exact) mass is 343 g/mol. The molecule has 1 heterocycles. The van der Waals surface area contributed by atoms with E-state index in [1.807, 2.05) is 0 Å². The molecule has 8 heteroatoms. The van der Waals surface area contributed by atoms with Gasteiger partial charge >= 0.3 is 0 Å². The van der Waals surface area contributed by atoms with Crippen molar-refractivity contribution < 1.29 is 9.59 Å². The predicted octanol–water partition coefficient (Wildman–Crippen LogP) is 3.12. The molecule has 2 rings (SSSR count). The van der Waals surface area contributed by atoms with Gasteiger partial charge in [0.15, 0.2) is 0 Å².